The Hall–Kier alpha value is -3.46. The molecule has 0 N–H and O–H groups in total. The van der Waals surface area contributed by atoms with E-state index in [9.17, 15) is 0 Å². The Morgan fingerprint density at radius 1 is 0.889 bits per heavy atom. The summed E-state index contributed by atoms with van der Waals surface area (Å²) in [5.74, 6) is 0. The molecule has 0 radical (unpaired) electrons. The molecule has 0 unspecified atom stereocenters. The molecule has 3 heterocycles. The van der Waals surface area contributed by atoms with E-state index >= 15 is 0 Å². The van der Waals surface area contributed by atoms with Crippen LogP contribution < -0.4 is 4.57 Å². The van der Waals surface area contributed by atoms with Gasteiger partial charge in [0, 0.05) is 29.1 Å². The number of aryl methyl sites for hydroxylation is 2. The van der Waals surface area contributed by atoms with Crippen LogP contribution in [0.25, 0.3) is 44.5 Å². The standard InChI is InChI=1S/C24H19N2O/c1-16-7-5-8-18(23(16)21-10-3-4-14-26(21)2)17-11-12-22-20(15-17)19-9-6-13-25-24(19)27-22/h3-15H,1-2H3/q+1. The van der Waals surface area contributed by atoms with E-state index < -0.39 is 0 Å². The van der Waals surface area contributed by atoms with E-state index in [4.69, 9.17) is 4.42 Å². The topological polar surface area (TPSA) is 29.9 Å². The van der Waals surface area contributed by atoms with Crippen molar-refractivity contribution in [1.29, 1.82) is 0 Å². The predicted octanol–water partition coefficient (Wildman–Crippen LogP) is 5.45. The van der Waals surface area contributed by atoms with E-state index in [0.29, 0.717) is 5.71 Å². The van der Waals surface area contributed by atoms with Crippen LogP contribution in [0, 0.1) is 6.92 Å². The third kappa shape index (κ3) is 2.51. The molecule has 0 amide bonds. The molecule has 0 saturated carbocycles. The summed E-state index contributed by atoms with van der Waals surface area (Å²) < 4.78 is 8.05. The van der Waals surface area contributed by atoms with Crippen LogP contribution in [0.2, 0.25) is 0 Å². The van der Waals surface area contributed by atoms with E-state index in [2.05, 4.69) is 84.3 Å². The molecule has 2 aromatic carbocycles. The SMILES string of the molecule is Cc1cccc(-c2ccc3oc4ncccc4c3c2)c1-c1cccc[n+]1C. The van der Waals surface area contributed by atoms with Gasteiger partial charge in [-0.1, -0.05) is 24.3 Å². The minimum atomic E-state index is 0.684. The molecule has 0 bridgehead atoms. The van der Waals surface area contributed by atoms with Crippen molar-refractivity contribution >= 4 is 22.1 Å². The van der Waals surface area contributed by atoms with Crippen LogP contribution in [0.4, 0.5) is 0 Å². The first-order valence-electron chi connectivity index (χ1n) is 9.05. The first-order chi connectivity index (χ1) is 13.2. The lowest BCUT2D eigenvalue weighted by atomic mass is 9.92. The number of hydrogen-bond donors (Lipinski definition) is 0. The van der Waals surface area contributed by atoms with Gasteiger partial charge in [-0.2, -0.15) is 0 Å². The van der Waals surface area contributed by atoms with Crippen molar-refractivity contribution in [3.8, 4) is 22.4 Å². The van der Waals surface area contributed by atoms with Crippen molar-refractivity contribution < 1.29 is 8.98 Å². The Labute approximate surface area is 157 Å². The van der Waals surface area contributed by atoms with Crippen LogP contribution in [0.1, 0.15) is 5.56 Å². The maximum Gasteiger partial charge on any atom is 0.227 e. The third-order valence-corrected chi connectivity index (χ3v) is 5.14. The van der Waals surface area contributed by atoms with Crippen LogP contribution in [0.15, 0.2) is 83.5 Å². The van der Waals surface area contributed by atoms with E-state index in [0.717, 1.165) is 16.4 Å². The number of benzene rings is 2. The summed E-state index contributed by atoms with van der Waals surface area (Å²) in [5.41, 5.74) is 7.66. The van der Waals surface area contributed by atoms with Crippen LogP contribution in [-0.4, -0.2) is 4.98 Å². The second-order valence-electron chi connectivity index (χ2n) is 6.86. The minimum Gasteiger partial charge on any atom is -0.438 e. The lowest BCUT2D eigenvalue weighted by Crippen LogP contribution is -2.30. The minimum absolute atomic E-state index is 0.684. The highest BCUT2D eigenvalue weighted by molar-refractivity contribution is 6.05. The van der Waals surface area contributed by atoms with Gasteiger partial charge in [0.2, 0.25) is 11.4 Å². The molecule has 3 nitrogen and oxygen atoms in total. The summed E-state index contributed by atoms with van der Waals surface area (Å²) in [6, 6.07) is 23.2. The molecule has 0 spiro atoms. The average molecular weight is 351 g/mol. The van der Waals surface area contributed by atoms with Crippen molar-refractivity contribution in [1.82, 2.24) is 4.98 Å². The summed E-state index contributed by atoms with van der Waals surface area (Å²) in [5, 5.41) is 2.15. The maximum atomic E-state index is 5.89. The summed E-state index contributed by atoms with van der Waals surface area (Å²) in [4.78, 5) is 4.34. The predicted molar refractivity (Wildman–Crippen MR) is 108 cm³/mol. The molecule has 130 valence electrons. The molecule has 0 aliphatic heterocycles. The monoisotopic (exact) mass is 351 g/mol. The van der Waals surface area contributed by atoms with Crippen molar-refractivity contribution in [3.63, 3.8) is 0 Å². The van der Waals surface area contributed by atoms with E-state index in [1.807, 2.05) is 12.1 Å². The van der Waals surface area contributed by atoms with Gasteiger partial charge in [0.1, 0.15) is 12.6 Å². The number of fused-ring (bicyclic) bond motifs is 3. The molecule has 3 heteroatoms. The van der Waals surface area contributed by atoms with Gasteiger partial charge in [-0.15, -0.1) is 0 Å². The quantitative estimate of drug-likeness (QED) is 0.396. The lowest BCUT2D eigenvalue weighted by molar-refractivity contribution is -0.660. The van der Waals surface area contributed by atoms with Crippen LogP contribution in [0.5, 0.6) is 0 Å². The molecule has 5 rings (SSSR count). The number of aromatic nitrogens is 2. The fourth-order valence-electron chi connectivity index (χ4n) is 3.81. The normalized spacial score (nSPS) is 11.3. The number of hydrogen-bond acceptors (Lipinski definition) is 2. The molecule has 27 heavy (non-hydrogen) atoms. The summed E-state index contributed by atoms with van der Waals surface area (Å²) in [6.07, 6.45) is 3.85. The molecule has 5 aromatic rings. The number of rotatable bonds is 2. The Morgan fingerprint density at radius 2 is 1.81 bits per heavy atom. The first-order valence-corrected chi connectivity index (χ1v) is 9.05. The number of furan rings is 1. The molecule has 0 saturated heterocycles. The fraction of sp³-hybridized carbons (Fsp3) is 0.0833. The highest BCUT2D eigenvalue weighted by atomic mass is 16.3. The molecule has 0 aliphatic carbocycles. The van der Waals surface area contributed by atoms with Gasteiger partial charge in [-0.25, -0.2) is 9.55 Å². The zero-order valence-corrected chi connectivity index (χ0v) is 15.3. The highest BCUT2D eigenvalue weighted by Gasteiger charge is 2.18. The van der Waals surface area contributed by atoms with Crippen molar-refractivity contribution in [2.75, 3.05) is 0 Å². The van der Waals surface area contributed by atoms with Gasteiger partial charge in [-0.05, 0) is 53.9 Å². The Kier molecular flexibility index (Phi) is 3.54. The molecular weight excluding hydrogens is 332 g/mol. The largest absolute Gasteiger partial charge is 0.438 e. The lowest BCUT2D eigenvalue weighted by Gasteiger charge is -2.11. The van der Waals surface area contributed by atoms with Gasteiger partial charge in [-0.3, -0.25) is 0 Å². The second kappa shape index (κ2) is 6.06. The Morgan fingerprint density at radius 3 is 2.70 bits per heavy atom. The molecule has 3 aromatic heterocycles. The third-order valence-electron chi connectivity index (χ3n) is 5.14. The van der Waals surface area contributed by atoms with Crippen molar-refractivity contribution in [2.24, 2.45) is 7.05 Å². The Balaban J connectivity index is 1.79. The molecule has 0 fully saturated rings. The van der Waals surface area contributed by atoms with Crippen molar-refractivity contribution in [2.45, 2.75) is 6.92 Å². The Bertz CT molecular complexity index is 1300. The van der Waals surface area contributed by atoms with Crippen molar-refractivity contribution in [3.05, 3.63) is 84.7 Å². The average Bonchev–Trinajstić information content (AvgIpc) is 3.06. The van der Waals surface area contributed by atoms with Gasteiger partial charge in [0.15, 0.2) is 6.20 Å². The van der Waals surface area contributed by atoms with E-state index in [1.165, 1.54) is 27.9 Å². The molecule has 0 aliphatic rings. The van der Waals surface area contributed by atoms with E-state index in [1.54, 1.807) is 6.20 Å². The number of nitrogens with zero attached hydrogens (tertiary/aromatic N) is 2. The highest BCUT2D eigenvalue weighted by Crippen LogP contribution is 2.36. The van der Waals surface area contributed by atoms with Crippen LogP contribution >= 0.6 is 0 Å². The summed E-state index contributed by atoms with van der Waals surface area (Å²) >= 11 is 0. The fourth-order valence-corrected chi connectivity index (χ4v) is 3.81. The summed E-state index contributed by atoms with van der Waals surface area (Å²) in [7, 11) is 2.09. The number of pyridine rings is 2. The van der Waals surface area contributed by atoms with Crippen LogP contribution in [0.3, 0.4) is 0 Å². The zero-order valence-electron chi connectivity index (χ0n) is 15.3. The van der Waals surface area contributed by atoms with Crippen LogP contribution in [-0.2, 0) is 7.05 Å². The first kappa shape index (κ1) is 15.8. The zero-order chi connectivity index (χ0) is 18.4. The van der Waals surface area contributed by atoms with E-state index in [-0.39, 0.29) is 0 Å². The maximum absolute atomic E-state index is 5.89. The summed E-state index contributed by atoms with van der Waals surface area (Å²) in [6.45, 7) is 2.17. The van der Waals surface area contributed by atoms with Gasteiger partial charge in [0.25, 0.3) is 0 Å². The molecule has 0 atom stereocenters. The van der Waals surface area contributed by atoms with Gasteiger partial charge in [0.05, 0.1) is 5.56 Å². The smallest absolute Gasteiger partial charge is 0.227 e. The molecular formula is C24H19N2O+. The second-order valence-corrected chi connectivity index (χ2v) is 6.86. The van der Waals surface area contributed by atoms with Gasteiger partial charge < -0.3 is 4.42 Å². The van der Waals surface area contributed by atoms with Gasteiger partial charge >= 0.3 is 0 Å².